The topological polar surface area (TPSA) is 75.1 Å². The van der Waals surface area contributed by atoms with E-state index in [0.717, 1.165) is 6.20 Å². The molecule has 0 spiro atoms. The van der Waals surface area contributed by atoms with Crippen molar-refractivity contribution in [3.05, 3.63) is 48.2 Å². The molecule has 86 valence electrons. The lowest BCUT2D eigenvalue weighted by atomic mass is 10.3. The second-order valence-electron chi connectivity index (χ2n) is 3.20. The van der Waals surface area contributed by atoms with Crippen LogP contribution in [-0.4, -0.2) is 21.0 Å². The minimum Gasteiger partial charge on any atom is -0.476 e. The zero-order valence-corrected chi connectivity index (χ0v) is 8.59. The number of carboxylic acid groups (broad SMARTS) is 1. The number of hydrogen-bond acceptors (Lipinski definition) is 4. The minimum atomic E-state index is -1.19. The van der Waals surface area contributed by atoms with Crippen LogP contribution < -0.4 is 5.32 Å². The van der Waals surface area contributed by atoms with Crippen LogP contribution in [-0.2, 0) is 0 Å². The average Bonchev–Trinajstić information content (AvgIpc) is 2.32. The van der Waals surface area contributed by atoms with Crippen LogP contribution in [0.15, 0.2) is 36.7 Å². The zero-order chi connectivity index (χ0) is 12.3. The van der Waals surface area contributed by atoms with Crippen LogP contribution in [0.5, 0.6) is 0 Å². The summed E-state index contributed by atoms with van der Waals surface area (Å²) in [5.74, 6) is -1.46. The maximum Gasteiger partial charge on any atom is 0.356 e. The maximum atomic E-state index is 13.3. The van der Waals surface area contributed by atoms with Gasteiger partial charge < -0.3 is 10.4 Å². The Kier molecular flexibility index (Phi) is 2.95. The van der Waals surface area contributed by atoms with Crippen molar-refractivity contribution in [2.45, 2.75) is 0 Å². The Hall–Kier alpha value is -2.50. The predicted molar refractivity (Wildman–Crippen MR) is 58.7 cm³/mol. The smallest absolute Gasteiger partial charge is 0.356 e. The molecule has 0 fully saturated rings. The lowest BCUT2D eigenvalue weighted by Crippen LogP contribution is -2.04. The third-order valence-corrected chi connectivity index (χ3v) is 1.99. The van der Waals surface area contributed by atoms with Crippen molar-refractivity contribution in [1.82, 2.24) is 9.97 Å². The van der Waals surface area contributed by atoms with E-state index in [-0.39, 0.29) is 17.2 Å². The molecule has 0 atom stereocenters. The summed E-state index contributed by atoms with van der Waals surface area (Å²) in [4.78, 5) is 18.1. The number of aromatic carboxylic acids is 1. The molecule has 2 rings (SSSR count). The van der Waals surface area contributed by atoms with Crippen molar-refractivity contribution in [1.29, 1.82) is 0 Å². The van der Waals surface area contributed by atoms with Gasteiger partial charge >= 0.3 is 5.97 Å². The van der Waals surface area contributed by atoms with Gasteiger partial charge in [-0.3, -0.25) is 4.98 Å². The van der Waals surface area contributed by atoms with Crippen molar-refractivity contribution in [3.8, 4) is 0 Å². The number of nitrogens with zero attached hydrogens (tertiary/aromatic N) is 2. The number of rotatable bonds is 3. The van der Waals surface area contributed by atoms with Crippen LogP contribution in [0.4, 0.5) is 15.9 Å². The Morgan fingerprint density at radius 1 is 1.29 bits per heavy atom. The first-order valence-corrected chi connectivity index (χ1v) is 4.74. The Balaban J connectivity index is 2.28. The molecule has 0 aliphatic carbocycles. The van der Waals surface area contributed by atoms with E-state index in [1.807, 2.05) is 0 Å². The van der Waals surface area contributed by atoms with Gasteiger partial charge in [0.05, 0.1) is 18.1 Å². The van der Waals surface area contributed by atoms with E-state index in [1.54, 1.807) is 12.1 Å². The minimum absolute atomic E-state index is 0.176. The molecule has 0 aliphatic rings. The molecule has 0 saturated carbocycles. The molecule has 0 unspecified atom stereocenters. The number of hydrogen-bond donors (Lipinski definition) is 2. The summed E-state index contributed by atoms with van der Waals surface area (Å²) in [6, 6.07) is 6.01. The molecule has 2 aromatic rings. The van der Waals surface area contributed by atoms with Crippen LogP contribution in [0.1, 0.15) is 10.5 Å². The van der Waals surface area contributed by atoms with E-state index in [9.17, 15) is 9.18 Å². The van der Waals surface area contributed by atoms with Gasteiger partial charge in [0, 0.05) is 0 Å². The van der Waals surface area contributed by atoms with Crippen LogP contribution in [0.2, 0.25) is 0 Å². The lowest BCUT2D eigenvalue weighted by Gasteiger charge is -2.06. The Bertz CT molecular complexity index is 560. The number of carboxylic acids is 1. The Morgan fingerprint density at radius 2 is 2.06 bits per heavy atom. The van der Waals surface area contributed by atoms with Gasteiger partial charge in [0.15, 0.2) is 5.69 Å². The van der Waals surface area contributed by atoms with Gasteiger partial charge in [-0.15, -0.1) is 0 Å². The number of halogens is 1. The highest BCUT2D eigenvalue weighted by Crippen LogP contribution is 2.17. The van der Waals surface area contributed by atoms with E-state index in [0.29, 0.717) is 0 Å². The molecule has 2 N–H and O–H groups in total. The zero-order valence-electron chi connectivity index (χ0n) is 8.59. The largest absolute Gasteiger partial charge is 0.476 e. The molecular weight excluding hydrogens is 225 g/mol. The molecule has 6 heteroatoms. The Labute approximate surface area is 96.0 Å². The molecule has 1 heterocycles. The molecule has 17 heavy (non-hydrogen) atoms. The van der Waals surface area contributed by atoms with Crippen molar-refractivity contribution in [2.75, 3.05) is 5.32 Å². The first-order chi connectivity index (χ1) is 8.16. The number of benzene rings is 1. The fraction of sp³-hybridized carbons (Fsp3) is 0. The molecule has 0 amide bonds. The summed E-state index contributed by atoms with van der Waals surface area (Å²) >= 11 is 0. The molecule has 0 bridgehead atoms. The fourth-order valence-corrected chi connectivity index (χ4v) is 1.23. The second-order valence-corrected chi connectivity index (χ2v) is 3.20. The first kappa shape index (κ1) is 11.0. The third kappa shape index (κ3) is 2.54. The normalized spacial score (nSPS) is 9.94. The number of para-hydroxylation sites is 1. The lowest BCUT2D eigenvalue weighted by molar-refractivity contribution is 0.0690. The highest BCUT2D eigenvalue weighted by Gasteiger charge is 2.07. The molecule has 0 saturated heterocycles. The summed E-state index contributed by atoms with van der Waals surface area (Å²) in [5.41, 5.74) is 0.00989. The van der Waals surface area contributed by atoms with E-state index >= 15 is 0 Å². The number of carbonyl (C=O) groups is 1. The van der Waals surface area contributed by atoms with Gasteiger partial charge in [-0.05, 0) is 12.1 Å². The summed E-state index contributed by atoms with van der Waals surface area (Å²) in [6.45, 7) is 0. The van der Waals surface area contributed by atoms with Gasteiger partial charge in [-0.25, -0.2) is 14.2 Å². The molecule has 0 aliphatic heterocycles. The quantitative estimate of drug-likeness (QED) is 0.848. The molecule has 0 radical (unpaired) electrons. The summed E-state index contributed by atoms with van der Waals surface area (Å²) < 4.78 is 13.3. The second kappa shape index (κ2) is 4.56. The number of anilines is 2. The van der Waals surface area contributed by atoms with Crippen molar-refractivity contribution < 1.29 is 14.3 Å². The highest BCUT2D eigenvalue weighted by atomic mass is 19.1. The van der Waals surface area contributed by atoms with Crippen LogP contribution in [0.25, 0.3) is 0 Å². The predicted octanol–water partition coefficient (Wildman–Crippen LogP) is 2.06. The van der Waals surface area contributed by atoms with E-state index in [1.165, 1.54) is 18.3 Å². The number of nitrogens with one attached hydrogen (secondary N) is 1. The first-order valence-electron chi connectivity index (χ1n) is 4.74. The van der Waals surface area contributed by atoms with Crippen molar-refractivity contribution in [2.24, 2.45) is 0 Å². The van der Waals surface area contributed by atoms with Gasteiger partial charge in [0.1, 0.15) is 11.6 Å². The fourth-order valence-electron chi connectivity index (χ4n) is 1.23. The van der Waals surface area contributed by atoms with Gasteiger partial charge in [0.25, 0.3) is 0 Å². The summed E-state index contributed by atoms with van der Waals surface area (Å²) in [6.07, 6.45) is 2.44. The van der Waals surface area contributed by atoms with Crippen molar-refractivity contribution >= 4 is 17.5 Å². The summed E-state index contributed by atoms with van der Waals surface area (Å²) in [5, 5.41) is 11.4. The van der Waals surface area contributed by atoms with Crippen LogP contribution in [0, 0.1) is 5.82 Å². The van der Waals surface area contributed by atoms with E-state index < -0.39 is 11.8 Å². The Morgan fingerprint density at radius 3 is 2.76 bits per heavy atom. The summed E-state index contributed by atoms with van der Waals surface area (Å²) in [7, 11) is 0. The highest BCUT2D eigenvalue weighted by molar-refractivity contribution is 5.85. The molecule has 1 aromatic heterocycles. The van der Waals surface area contributed by atoms with Crippen LogP contribution >= 0.6 is 0 Å². The maximum absolute atomic E-state index is 13.3. The van der Waals surface area contributed by atoms with Gasteiger partial charge in [0.2, 0.25) is 0 Å². The molecule has 5 nitrogen and oxygen atoms in total. The molecular formula is C11H8FN3O2. The molecule has 1 aromatic carbocycles. The third-order valence-electron chi connectivity index (χ3n) is 1.99. The van der Waals surface area contributed by atoms with Gasteiger partial charge in [-0.1, -0.05) is 12.1 Å². The van der Waals surface area contributed by atoms with E-state index in [2.05, 4.69) is 15.3 Å². The number of aromatic nitrogens is 2. The van der Waals surface area contributed by atoms with Crippen LogP contribution in [0.3, 0.4) is 0 Å². The standard InChI is InChI=1S/C11H8FN3O2/c12-7-3-1-2-4-8(7)14-10-6-13-5-9(15-10)11(16)17/h1-6H,(H,14,15)(H,16,17). The monoisotopic (exact) mass is 233 g/mol. The van der Waals surface area contributed by atoms with Crippen molar-refractivity contribution in [3.63, 3.8) is 0 Å². The van der Waals surface area contributed by atoms with E-state index in [4.69, 9.17) is 5.11 Å². The SMILES string of the molecule is O=C(O)c1cncc(Nc2ccccc2F)n1. The average molecular weight is 233 g/mol. The van der Waals surface area contributed by atoms with Gasteiger partial charge in [-0.2, -0.15) is 0 Å².